The third-order valence-electron chi connectivity index (χ3n) is 5.04. The SMILES string of the molecule is CCCCOC(=O)c1ccc(NC(=O)CN2C(=O)[C@H]3CC=CC[C@H]3C2=O)cc1. The number of amides is 3. The quantitative estimate of drug-likeness (QED) is 0.337. The van der Waals surface area contributed by atoms with Crippen molar-refractivity contribution in [2.75, 3.05) is 18.5 Å². The minimum atomic E-state index is -0.452. The zero-order valence-electron chi connectivity index (χ0n) is 15.8. The largest absolute Gasteiger partial charge is 0.462 e. The first-order valence-electron chi connectivity index (χ1n) is 9.58. The summed E-state index contributed by atoms with van der Waals surface area (Å²) >= 11 is 0. The van der Waals surface area contributed by atoms with Crippen molar-refractivity contribution >= 4 is 29.4 Å². The molecule has 2 aliphatic rings. The maximum Gasteiger partial charge on any atom is 0.338 e. The van der Waals surface area contributed by atoms with E-state index in [1.807, 2.05) is 19.1 Å². The monoisotopic (exact) mass is 384 g/mol. The van der Waals surface area contributed by atoms with Crippen LogP contribution in [0.1, 0.15) is 43.0 Å². The molecule has 1 aromatic rings. The molecule has 2 atom stereocenters. The highest BCUT2D eigenvalue weighted by molar-refractivity contribution is 6.08. The number of hydrogen-bond donors (Lipinski definition) is 1. The topological polar surface area (TPSA) is 92.8 Å². The molecule has 148 valence electrons. The van der Waals surface area contributed by atoms with Crippen LogP contribution < -0.4 is 5.32 Å². The van der Waals surface area contributed by atoms with Gasteiger partial charge in [0.1, 0.15) is 6.54 Å². The van der Waals surface area contributed by atoms with Crippen molar-refractivity contribution in [2.45, 2.75) is 32.6 Å². The number of fused-ring (bicyclic) bond motifs is 1. The van der Waals surface area contributed by atoms with Crippen molar-refractivity contribution in [1.82, 2.24) is 4.90 Å². The maximum atomic E-state index is 12.4. The molecule has 0 unspecified atom stereocenters. The summed E-state index contributed by atoms with van der Waals surface area (Å²) < 4.78 is 5.14. The van der Waals surface area contributed by atoms with E-state index in [-0.39, 0.29) is 30.2 Å². The van der Waals surface area contributed by atoms with Crippen LogP contribution in [0.15, 0.2) is 36.4 Å². The third kappa shape index (κ3) is 4.30. The van der Waals surface area contributed by atoms with E-state index in [2.05, 4.69) is 5.32 Å². The fraction of sp³-hybridized carbons (Fsp3) is 0.429. The molecule has 1 saturated heterocycles. The van der Waals surface area contributed by atoms with Crippen molar-refractivity contribution in [3.63, 3.8) is 0 Å². The molecule has 0 radical (unpaired) electrons. The van der Waals surface area contributed by atoms with Gasteiger partial charge in [-0.05, 0) is 43.5 Å². The molecule has 1 heterocycles. The van der Waals surface area contributed by atoms with E-state index in [4.69, 9.17) is 4.74 Å². The van der Waals surface area contributed by atoms with Crippen molar-refractivity contribution in [3.05, 3.63) is 42.0 Å². The summed E-state index contributed by atoms with van der Waals surface area (Å²) in [6.07, 6.45) is 6.66. The molecule has 3 rings (SSSR count). The number of imide groups is 1. The molecule has 7 heteroatoms. The molecule has 1 aliphatic carbocycles. The van der Waals surface area contributed by atoms with Crippen LogP contribution in [0.5, 0.6) is 0 Å². The fourth-order valence-electron chi connectivity index (χ4n) is 3.45. The van der Waals surface area contributed by atoms with Crippen LogP contribution >= 0.6 is 0 Å². The number of ether oxygens (including phenoxy) is 1. The van der Waals surface area contributed by atoms with Crippen LogP contribution in [0.25, 0.3) is 0 Å². The van der Waals surface area contributed by atoms with E-state index in [1.54, 1.807) is 24.3 Å². The molecular weight excluding hydrogens is 360 g/mol. The van der Waals surface area contributed by atoms with Crippen LogP contribution in [-0.4, -0.2) is 41.7 Å². The number of nitrogens with zero attached hydrogens (tertiary/aromatic N) is 1. The number of anilines is 1. The van der Waals surface area contributed by atoms with Crippen LogP contribution in [0, 0.1) is 11.8 Å². The van der Waals surface area contributed by atoms with Crippen molar-refractivity contribution in [2.24, 2.45) is 11.8 Å². The molecule has 7 nitrogen and oxygen atoms in total. The Kier molecular flexibility index (Phi) is 6.23. The second-order valence-electron chi connectivity index (χ2n) is 7.03. The van der Waals surface area contributed by atoms with Crippen LogP contribution in [0.2, 0.25) is 0 Å². The standard InChI is InChI=1S/C21H24N2O5/c1-2-3-12-28-21(27)14-8-10-15(11-9-14)22-18(24)13-23-19(25)16-6-4-5-7-17(16)20(23)26/h4-5,8-11,16-17H,2-3,6-7,12-13H2,1H3,(H,22,24)/t16-,17+. The van der Waals surface area contributed by atoms with Gasteiger partial charge in [0.05, 0.1) is 24.0 Å². The first-order valence-corrected chi connectivity index (χ1v) is 9.58. The Hall–Kier alpha value is -2.96. The average Bonchev–Trinajstić information content (AvgIpc) is 2.94. The Morgan fingerprint density at radius 3 is 2.25 bits per heavy atom. The molecule has 1 fully saturated rings. The van der Waals surface area contributed by atoms with Gasteiger partial charge in [-0.25, -0.2) is 4.79 Å². The second-order valence-corrected chi connectivity index (χ2v) is 7.03. The number of allylic oxidation sites excluding steroid dienone is 2. The smallest absolute Gasteiger partial charge is 0.338 e. The molecule has 28 heavy (non-hydrogen) atoms. The van der Waals surface area contributed by atoms with Gasteiger partial charge in [0.15, 0.2) is 0 Å². The number of carbonyl (C=O) groups excluding carboxylic acids is 4. The molecular formula is C21H24N2O5. The summed E-state index contributed by atoms with van der Waals surface area (Å²) in [6, 6.07) is 6.31. The molecule has 0 spiro atoms. The summed E-state index contributed by atoms with van der Waals surface area (Å²) in [4.78, 5) is 50.0. The van der Waals surface area contributed by atoms with Crippen LogP contribution in [0.3, 0.4) is 0 Å². The lowest BCUT2D eigenvalue weighted by atomic mass is 9.85. The predicted molar refractivity (Wildman–Crippen MR) is 102 cm³/mol. The van der Waals surface area contributed by atoms with E-state index in [9.17, 15) is 19.2 Å². The van der Waals surface area contributed by atoms with E-state index in [0.717, 1.165) is 17.7 Å². The first kappa shape index (κ1) is 19.8. The molecule has 0 bridgehead atoms. The molecule has 0 saturated carbocycles. The summed E-state index contributed by atoms with van der Waals surface area (Å²) in [6.45, 7) is 2.09. The van der Waals surface area contributed by atoms with Gasteiger partial charge in [-0.3, -0.25) is 19.3 Å². The Morgan fingerprint density at radius 1 is 1.07 bits per heavy atom. The highest BCUT2D eigenvalue weighted by Gasteiger charge is 2.47. The number of nitrogens with one attached hydrogen (secondary N) is 1. The molecule has 1 aromatic carbocycles. The first-order chi connectivity index (χ1) is 13.5. The van der Waals surface area contributed by atoms with Gasteiger partial charge in [0.25, 0.3) is 0 Å². The highest BCUT2D eigenvalue weighted by atomic mass is 16.5. The summed E-state index contributed by atoms with van der Waals surface area (Å²) in [5.74, 6) is -2.10. The number of benzene rings is 1. The summed E-state index contributed by atoms with van der Waals surface area (Å²) in [5, 5.41) is 2.66. The average molecular weight is 384 g/mol. The van der Waals surface area contributed by atoms with Crippen molar-refractivity contribution in [3.8, 4) is 0 Å². The lowest BCUT2D eigenvalue weighted by molar-refractivity contribution is -0.142. The lowest BCUT2D eigenvalue weighted by Gasteiger charge is -2.14. The zero-order chi connectivity index (χ0) is 20.1. The van der Waals surface area contributed by atoms with E-state index in [1.165, 1.54) is 0 Å². The number of esters is 1. The molecule has 1 N–H and O–H groups in total. The minimum Gasteiger partial charge on any atom is -0.462 e. The van der Waals surface area contributed by atoms with Gasteiger partial charge in [-0.2, -0.15) is 0 Å². The Morgan fingerprint density at radius 2 is 1.68 bits per heavy atom. The molecule has 3 amide bonds. The van der Waals surface area contributed by atoms with Gasteiger partial charge in [0.2, 0.25) is 17.7 Å². The number of carbonyl (C=O) groups is 4. The summed E-state index contributed by atoms with van der Waals surface area (Å²) in [5.41, 5.74) is 0.879. The van der Waals surface area contributed by atoms with Crippen molar-refractivity contribution < 1.29 is 23.9 Å². The Balaban J connectivity index is 1.54. The maximum absolute atomic E-state index is 12.4. The van der Waals surface area contributed by atoms with E-state index >= 15 is 0 Å². The van der Waals surface area contributed by atoms with Crippen LogP contribution in [0.4, 0.5) is 5.69 Å². The van der Waals surface area contributed by atoms with Crippen molar-refractivity contribution in [1.29, 1.82) is 0 Å². The lowest BCUT2D eigenvalue weighted by Crippen LogP contribution is -2.38. The molecule has 0 aromatic heterocycles. The predicted octanol–water partition coefficient (Wildman–Crippen LogP) is 2.53. The Bertz CT molecular complexity index is 774. The highest BCUT2D eigenvalue weighted by Crippen LogP contribution is 2.34. The fourth-order valence-corrected chi connectivity index (χ4v) is 3.45. The van der Waals surface area contributed by atoms with E-state index < -0.39 is 11.9 Å². The van der Waals surface area contributed by atoms with Gasteiger partial charge >= 0.3 is 5.97 Å². The number of hydrogen-bond acceptors (Lipinski definition) is 5. The zero-order valence-corrected chi connectivity index (χ0v) is 15.8. The van der Waals surface area contributed by atoms with Gasteiger partial charge in [0, 0.05) is 5.69 Å². The van der Waals surface area contributed by atoms with Gasteiger partial charge < -0.3 is 10.1 Å². The normalized spacial score (nSPS) is 20.8. The number of unbranched alkanes of at least 4 members (excludes halogenated alkanes) is 1. The second kappa shape index (κ2) is 8.82. The number of rotatable bonds is 7. The van der Waals surface area contributed by atoms with Gasteiger partial charge in [-0.15, -0.1) is 0 Å². The Labute approximate surface area is 163 Å². The van der Waals surface area contributed by atoms with Gasteiger partial charge in [-0.1, -0.05) is 25.5 Å². The summed E-state index contributed by atoms with van der Waals surface area (Å²) in [7, 11) is 0. The molecule has 1 aliphatic heterocycles. The minimum absolute atomic E-state index is 0.278. The number of likely N-dealkylation sites (tertiary alicyclic amines) is 1. The third-order valence-corrected chi connectivity index (χ3v) is 5.04. The van der Waals surface area contributed by atoms with Crippen LogP contribution in [-0.2, 0) is 19.1 Å². The van der Waals surface area contributed by atoms with E-state index in [0.29, 0.717) is 30.7 Å².